The van der Waals surface area contributed by atoms with E-state index < -0.39 is 0 Å². The van der Waals surface area contributed by atoms with Crippen molar-refractivity contribution in [2.75, 3.05) is 19.9 Å². The number of hydrogen-bond acceptors (Lipinski definition) is 2. The van der Waals surface area contributed by atoms with Crippen molar-refractivity contribution in [3.05, 3.63) is 12.2 Å². The number of hydrogen-bond donors (Lipinski definition) is 0. The minimum atomic E-state index is 0.606. The molecule has 0 aromatic carbocycles. The van der Waals surface area contributed by atoms with Crippen molar-refractivity contribution >= 4 is 0 Å². The van der Waals surface area contributed by atoms with Crippen LogP contribution in [0.5, 0.6) is 0 Å². The smallest absolute Gasteiger partial charge is 0.0999 e. The third kappa shape index (κ3) is 0.501. The van der Waals surface area contributed by atoms with Gasteiger partial charge >= 0.3 is 0 Å². The molecule has 2 aliphatic rings. The molecule has 2 heterocycles. The van der Waals surface area contributed by atoms with Gasteiger partial charge in [0.15, 0.2) is 0 Å². The van der Waals surface area contributed by atoms with E-state index in [1.165, 1.54) is 0 Å². The third-order valence-electron chi connectivity index (χ3n) is 1.71. The van der Waals surface area contributed by atoms with Gasteiger partial charge in [-0.05, 0) is 0 Å². The average molecular weight is 111 g/mol. The molecule has 8 heavy (non-hydrogen) atoms. The molecule has 0 saturated carbocycles. The minimum absolute atomic E-state index is 0.606. The summed E-state index contributed by atoms with van der Waals surface area (Å²) >= 11 is 0. The first kappa shape index (κ1) is 4.53. The predicted molar refractivity (Wildman–Crippen MR) is 30.5 cm³/mol. The van der Waals surface area contributed by atoms with Gasteiger partial charge in [-0.2, -0.15) is 0 Å². The van der Waals surface area contributed by atoms with Gasteiger partial charge in [0, 0.05) is 6.54 Å². The van der Waals surface area contributed by atoms with E-state index >= 15 is 0 Å². The van der Waals surface area contributed by atoms with Gasteiger partial charge in [0.1, 0.15) is 0 Å². The second-order valence-corrected chi connectivity index (χ2v) is 2.27. The Morgan fingerprint density at radius 1 is 1.62 bits per heavy atom. The van der Waals surface area contributed by atoms with E-state index in [0.717, 1.165) is 19.9 Å². The second kappa shape index (κ2) is 1.57. The Hall–Kier alpha value is -0.340. The normalized spacial score (nSPS) is 36.2. The maximum Gasteiger partial charge on any atom is 0.0999 e. The van der Waals surface area contributed by atoms with Crippen LogP contribution in [0.2, 0.25) is 0 Å². The predicted octanol–water partition coefficient (Wildman–Crippen LogP) is 0.215. The Labute approximate surface area is 48.7 Å². The first-order chi connectivity index (χ1) is 3.97. The summed E-state index contributed by atoms with van der Waals surface area (Å²) in [6, 6.07) is 0.606. The second-order valence-electron chi connectivity index (χ2n) is 2.27. The molecule has 2 heteroatoms. The van der Waals surface area contributed by atoms with Crippen LogP contribution in [0.3, 0.4) is 0 Å². The van der Waals surface area contributed by atoms with E-state index in [1.54, 1.807) is 0 Å². The van der Waals surface area contributed by atoms with Crippen LogP contribution in [0.25, 0.3) is 0 Å². The fourth-order valence-electron chi connectivity index (χ4n) is 1.21. The largest absolute Gasteiger partial charge is 0.364 e. The molecule has 0 aromatic rings. The summed E-state index contributed by atoms with van der Waals surface area (Å²) in [6.45, 7) is 2.82. The molecule has 1 unspecified atom stereocenters. The first-order valence-corrected chi connectivity index (χ1v) is 2.95. The Balaban J connectivity index is 2.13. The highest BCUT2D eigenvalue weighted by Crippen LogP contribution is 2.14. The molecular formula is C6H9NO. The number of ether oxygens (including phenoxy) is 1. The molecule has 2 rings (SSSR count). The highest BCUT2D eigenvalue weighted by atomic mass is 16.5. The number of fused-ring (bicyclic) bond motifs is 1. The van der Waals surface area contributed by atoms with Gasteiger partial charge in [0.25, 0.3) is 0 Å². The van der Waals surface area contributed by atoms with Crippen molar-refractivity contribution in [2.45, 2.75) is 6.04 Å². The monoisotopic (exact) mass is 111 g/mol. The lowest BCUT2D eigenvalue weighted by Crippen LogP contribution is -2.23. The van der Waals surface area contributed by atoms with E-state index in [4.69, 9.17) is 4.74 Å². The van der Waals surface area contributed by atoms with Crippen molar-refractivity contribution in [1.29, 1.82) is 0 Å². The highest BCUT2D eigenvalue weighted by Gasteiger charge is 2.24. The molecule has 0 aromatic heterocycles. The van der Waals surface area contributed by atoms with Crippen molar-refractivity contribution in [1.82, 2.24) is 4.90 Å². The van der Waals surface area contributed by atoms with Gasteiger partial charge in [-0.25, -0.2) is 0 Å². The van der Waals surface area contributed by atoms with Crippen LogP contribution < -0.4 is 0 Å². The number of rotatable bonds is 0. The maximum absolute atomic E-state index is 5.19. The van der Waals surface area contributed by atoms with Crippen LogP contribution in [-0.2, 0) is 4.74 Å². The lowest BCUT2D eigenvalue weighted by atomic mass is 10.3. The summed E-state index contributed by atoms with van der Waals surface area (Å²) in [4.78, 5) is 2.31. The molecular weight excluding hydrogens is 102 g/mol. The molecule has 0 bridgehead atoms. The van der Waals surface area contributed by atoms with Crippen LogP contribution >= 0.6 is 0 Å². The molecule has 1 saturated heterocycles. The lowest BCUT2D eigenvalue weighted by molar-refractivity contribution is 0.147. The Morgan fingerprint density at radius 3 is 3.50 bits per heavy atom. The molecule has 0 aliphatic carbocycles. The van der Waals surface area contributed by atoms with Crippen LogP contribution in [-0.4, -0.2) is 30.8 Å². The molecule has 1 atom stereocenters. The number of nitrogens with zero attached hydrogens (tertiary/aromatic N) is 1. The van der Waals surface area contributed by atoms with Crippen molar-refractivity contribution in [3.8, 4) is 0 Å². The quantitative estimate of drug-likeness (QED) is 0.414. The fraction of sp³-hybridized carbons (Fsp3) is 0.667. The molecule has 0 radical (unpaired) electrons. The summed E-state index contributed by atoms with van der Waals surface area (Å²) < 4.78 is 5.19. The summed E-state index contributed by atoms with van der Waals surface area (Å²) in [5.41, 5.74) is 0. The molecule has 0 N–H and O–H groups in total. The summed E-state index contributed by atoms with van der Waals surface area (Å²) in [6.07, 6.45) is 4.42. The zero-order valence-corrected chi connectivity index (χ0v) is 4.71. The SMILES string of the molecule is C1=CC2COCN2C1. The van der Waals surface area contributed by atoms with Gasteiger partial charge in [-0.1, -0.05) is 12.2 Å². The molecule has 0 amide bonds. The van der Waals surface area contributed by atoms with Gasteiger partial charge in [0.05, 0.1) is 19.4 Å². The van der Waals surface area contributed by atoms with E-state index in [1.807, 2.05) is 0 Å². The first-order valence-electron chi connectivity index (χ1n) is 2.95. The van der Waals surface area contributed by atoms with E-state index in [0.29, 0.717) is 6.04 Å². The Kier molecular flexibility index (Phi) is 0.889. The Bertz CT molecular complexity index is 122. The van der Waals surface area contributed by atoms with Crippen LogP contribution in [0, 0.1) is 0 Å². The molecule has 2 aliphatic heterocycles. The van der Waals surface area contributed by atoms with Crippen LogP contribution in [0.1, 0.15) is 0 Å². The Morgan fingerprint density at radius 2 is 2.62 bits per heavy atom. The van der Waals surface area contributed by atoms with Crippen molar-refractivity contribution in [2.24, 2.45) is 0 Å². The highest BCUT2D eigenvalue weighted by molar-refractivity contribution is 5.04. The summed E-state index contributed by atoms with van der Waals surface area (Å²) in [5.74, 6) is 0. The summed E-state index contributed by atoms with van der Waals surface area (Å²) in [7, 11) is 0. The fourth-order valence-corrected chi connectivity index (χ4v) is 1.21. The molecule has 1 fully saturated rings. The lowest BCUT2D eigenvalue weighted by Gasteiger charge is -2.09. The van der Waals surface area contributed by atoms with Gasteiger partial charge in [-0.15, -0.1) is 0 Å². The summed E-state index contributed by atoms with van der Waals surface area (Å²) in [5, 5.41) is 0. The average Bonchev–Trinajstić information content (AvgIpc) is 2.15. The van der Waals surface area contributed by atoms with Crippen molar-refractivity contribution < 1.29 is 4.74 Å². The maximum atomic E-state index is 5.19. The van der Waals surface area contributed by atoms with E-state index in [9.17, 15) is 0 Å². The zero-order valence-electron chi connectivity index (χ0n) is 4.71. The van der Waals surface area contributed by atoms with E-state index in [2.05, 4.69) is 17.1 Å². The van der Waals surface area contributed by atoms with Crippen molar-refractivity contribution in [3.63, 3.8) is 0 Å². The third-order valence-corrected chi connectivity index (χ3v) is 1.71. The standard InChI is InChI=1S/C6H9NO/c1-2-6-4-8-5-7(6)3-1/h1-2,6H,3-5H2. The molecule has 0 spiro atoms. The van der Waals surface area contributed by atoms with Gasteiger partial charge in [-0.3, -0.25) is 4.90 Å². The van der Waals surface area contributed by atoms with Gasteiger partial charge < -0.3 is 4.74 Å². The van der Waals surface area contributed by atoms with Crippen LogP contribution in [0.4, 0.5) is 0 Å². The van der Waals surface area contributed by atoms with E-state index in [-0.39, 0.29) is 0 Å². The van der Waals surface area contributed by atoms with Gasteiger partial charge in [0.2, 0.25) is 0 Å². The topological polar surface area (TPSA) is 12.5 Å². The molecule has 44 valence electrons. The van der Waals surface area contributed by atoms with Crippen LogP contribution in [0.15, 0.2) is 12.2 Å². The molecule has 2 nitrogen and oxygen atoms in total. The minimum Gasteiger partial charge on any atom is -0.364 e. The zero-order chi connectivity index (χ0) is 5.40.